The van der Waals surface area contributed by atoms with Gasteiger partial charge in [-0.25, -0.2) is 9.59 Å². The van der Waals surface area contributed by atoms with Gasteiger partial charge in [0, 0.05) is 25.0 Å². The highest BCUT2D eigenvalue weighted by atomic mass is 32.2. The van der Waals surface area contributed by atoms with E-state index in [1.807, 2.05) is 0 Å². The Balaban J connectivity index is 2.35. The summed E-state index contributed by atoms with van der Waals surface area (Å²) >= 11 is 1.68. The van der Waals surface area contributed by atoms with Crippen molar-refractivity contribution in [3.05, 3.63) is 24.3 Å². The first-order chi connectivity index (χ1) is 11.3. The maximum atomic E-state index is 11.8. The van der Waals surface area contributed by atoms with E-state index in [0.29, 0.717) is 12.2 Å². The van der Waals surface area contributed by atoms with Gasteiger partial charge in [0.15, 0.2) is 0 Å². The number of nitrogens with one attached hydrogen (secondary N) is 1. The van der Waals surface area contributed by atoms with E-state index in [1.165, 1.54) is 7.11 Å². The Morgan fingerprint density at radius 1 is 1.29 bits per heavy atom. The van der Waals surface area contributed by atoms with Crippen molar-refractivity contribution >= 4 is 23.8 Å². The number of rotatable bonds is 8. The number of carbonyl (C=O) groups excluding carboxylic acids is 2. The van der Waals surface area contributed by atoms with Crippen molar-refractivity contribution in [2.45, 2.75) is 45.3 Å². The summed E-state index contributed by atoms with van der Waals surface area (Å²) in [7, 11) is 1.30. The lowest BCUT2D eigenvalue weighted by atomic mass is 10.2. The highest BCUT2D eigenvalue weighted by Gasteiger charge is 2.24. The molecular formula is C16H25N3O4S. The van der Waals surface area contributed by atoms with E-state index in [0.717, 1.165) is 17.9 Å². The first-order valence-corrected chi connectivity index (χ1v) is 8.87. The van der Waals surface area contributed by atoms with Crippen molar-refractivity contribution in [1.82, 2.24) is 15.3 Å². The molecular weight excluding hydrogens is 330 g/mol. The van der Waals surface area contributed by atoms with Crippen molar-refractivity contribution in [2.75, 3.05) is 18.6 Å². The molecule has 1 atom stereocenters. The largest absolute Gasteiger partial charge is 0.467 e. The molecule has 7 nitrogen and oxygen atoms in total. The van der Waals surface area contributed by atoms with Crippen LogP contribution in [0.2, 0.25) is 0 Å². The number of ether oxygens (including phenoxy) is 2. The Morgan fingerprint density at radius 3 is 2.62 bits per heavy atom. The zero-order chi connectivity index (χ0) is 18.0. The predicted octanol–water partition coefficient (Wildman–Crippen LogP) is 2.21. The molecule has 1 N–H and O–H groups in total. The van der Waals surface area contributed by atoms with Crippen LogP contribution < -0.4 is 5.32 Å². The lowest BCUT2D eigenvalue weighted by Crippen LogP contribution is -2.44. The standard InChI is InChI=1S/C16H25N3O4S/c1-16(2,3)23-15(21)19-13(14(20)22-4)6-10-24-9-5-12-11-17-7-8-18-12/h7-8,11,13H,5-6,9-10H2,1-4H3,(H,19,21)/t13-/m0/s1. The summed E-state index contributed by atoms with van der Waals surface area (Å²) in [6.45, 7) is 5.30. The van der Waals surface area contributed by atoms with Gasteiger partial charge in [-0.05, 0) is 38.7 Å². The Bertz CT molecular complexity index is 520. The second-order valence-electron chi connectivity index (χ2n) is 6.07. The Hall–Kier alpha value is -1.83. The fourth-order valence-corrected chi connectivity index (χ4v) is 2.74. The Kier molecular flexibility index (Phi) is 8.53. The van der Waals surface area contributed by atoms with Crippen molar-refractivity contribution in [2.24, 2.45) is 0 Å². The Labute approximate surface area is 146 Å². The molecule has 0 aliphatic carbocycles. The van der Waals surface area contributed by atoms with Crippen LogP contribution in [0.5, 0.6) is 0 Å². The molecule has 0 saturated carbocycles. The summed E-state index contributed by atoms with van der Waals surface area (Å²) in [5, 5.41) is 2.56. The molecule has 1 amide bonds. The fraction of sp³-hybridized carbons (Fsp3) is 0.625. The van der Waals surface area contributed by atoms with Crippen LogP contribution in [0.25, 0.3) is 0 Å². The number of esters is 1. The quantitative estimate of drug-likeness (QED) is 0.565. The number of methoxy groups -OCH3 is 1. The van der Waals surface area contributed by atoms with E-state index in [9.17, 15) is 9.59 Å². The number of aryl methyl sites for hydroxylation is 1. The van der Waals surface area contributed by atoms with Crippen molar-refractivity contribution in [1.29, 1.82) is 0 Å². The van der Waals surface area contributed by atoms with Gasteiger partial charge < -0.3 is 14.8 Å². The van der Waals surface area contributed by atoms with Crippen molar-refractivity contribution < 1.29 is 19.1 Å². The third kappa shape index (κ3) is 8.71. The average molecular weight is 355 g/mol. The molecule has 0 radical (unpaired) electrons. The molecule has 0 aliphatic heterocycles. The predicted molar refractivity (Wildman–Crippen MR) is 92.9 cm³/mol. The van der Waals surface area contributed by atoms with E-state index in [4.69, 9.17) is 9.47 Å². The number of alkyl carbamates (subject to hydrolysis) is 1. The Morgan fingerprint density at radius 2 is 2.04 bits per heavy atom. The number of hydrogen-bond donors (Lipinski definition) is 1. The van der Waals surface area contributed by atoms with Crippen molar-refractivity contribution in [3.63, 3.8) is 0 Å². The third-order valence-electron chi connectivity index (χ3n) is 2.85. The van der Waals surface area contributed by atoms with Gasteiger partial charge in [-0.3, -0.25) is 9.97 Å². The average Bonchev–Trinajstić information content (AvgIpc) is 2.52. The summed E-state index contributed by atoms with van der Waals surface area (Å²) in [5.41, 5.74) is 0.317. The summed E-state index contributed by atoms with van der Waals surface area (Å²) in [6, 6.07) is -0.714. The summed E-state index contributed by atoms with van der Waals surface area (Å²) in [4.78, 5) is 31.8. The van der Waals surface area contributed by atoms with Crippen LogP contribution in [-0.4, -0.2) is 52.3 Å². The maximum absolute atomic E-state index is 11.8. The zero-order valence-corrected chi connectivity index (χ0v) is 15.4. The highest BCUT2D eigenvalue weighted by molar-refractivity contribution is 7.99. The SMILES string of the molecule is COC(=O)[C@H](CCSCCc1cnccn1)NC(=O)OC(C)(C)C. The normalized spacial score (nSPS) is 12.3. The lowest BCUT2D eigenvalue weighted by Gasteiger charge is -2.22. The molecule has 1 rings (SSSR count). The zero-order valence-electron chi connectivity index (χ0n) is 14.6. The molecule has 0 saturated heterocycles. The van der Waals surface area contributed by atoms with Crippen LogP contribution >= 0.6 is 11.8 Å². The summed E-state index contributed by atoms with van der Waals surface area (Å²) < 4.78 is 9.90. The van der Waals surface area contributed by atoms with E-state index in [1.54, 1.807) is 51.1 Å². The molecule has 1 aromatic rings. The van der Waals surface area contributed by atoms with Gasteiger partial charge in [0.25, 0.3) is 0 Å². The van der Waals surface area contributed by atoms with Crippen LogP contribution in [0, 0.1) is 0 Å². The van der Waals surface area contributed by atoms with Crippen LogP contribution in [-0.2, 0) is 20.7 Å². The summed E-state index contributed by atoms with van der Waals surface area (Å²) in [5.74, 6) is 1.09. The van der Waals surface area contributed by atoms with Gasteiger partial charge in [0.2, 0.25) is 0 Å². The lowest BCUT2D eigenvalue weighted by molar-refractivity contribution is -0.143. The minimum atomic E-state index is -0.714. The molecule has 1 heterocycles. The number of aromatic nitrogens is 2. The van der Waals surface area contributed by atoms with Crippen LogP contribution in [0.1, 0.15) is 32.9 Å². The highest BCUT2D eigenvalue weighted by Crippen LogP contribution is 2.11. The second kappa shape index (κ2) is 10.1. The van der Waals surface area contributed by atoms with Gasteiger partial charge in [-0.1, -0.05) is 0 Å². The number of thioether (sulfide) groups is 1. The minimum absolute atomic E-state index is 0.469. The van der Waals surface area contributed by atoms with Gasteiger partial charge in [0.05, 0.1) is 12.8 Å². The summed E-state index contributed by atoms with van der Waals surface area (Å²) in [6.07, 6.45) is 5.69. The topological polar surface area (TPSA) is 90.4 Å². The molecule has 0 aromatic carbocycles. The number of hydrogen-bond acceptors (Lipinski definition) is 7. The van der Waals surface area contributed by atoms with E-state index in [2.05, 4.69) is 15.3 Å². The van der Waals surface area contributed by atoms with Gasteiger partial charge >= 0.3 is 12.1 Å². The third-order valence-corrected chi connectivity index (χ3v) is 3.86. The van der Waals surface area contributed by atoms with E-state index < -0.39 is 23.7 Å². The molecule has 0 bridgehead atoms. The van der Waals surface area contributed by atoms with Crippen molar-refractivity contribution in [3.8, 4) is 0 Å². The second-order valence-corrected chi connectivity index (χ2v) is 7.29. The maximum Gasteiger partial charge on any atom is 0.408 e. The van der Waals surface area contributed by atoms with Gasteiger partial charge in [-0.15, -0.1) is 0 Å². The first-order valence-electron chi connectivity index (χ1n) is 7.72. The molecule has 0 unspecified atom stereocenters. The van der Waals surface area contributed by atoms with Gasteiger partial charge in [-0.2, -0.15) is 11.8 Å². The van der Waals surface area contributed by atoms with E-state index in [-0.39, 0.29) is 0 Å². The molecule has 24 heavy (non-hydrogen) atoms. The molecule has 0 fully saturated rings. The van der Waals surface area contributed by atoms with Crippen LogP contribution in [0.4, 0.5) is 4.79 Å². The van der Waals surface area contributed by atoms with Gasteiger partial charge in [0.1, 0.15) is 11.6 Å². The first kappa shape index (κ1) is 20.2. The molecule has 1 aromatic heterocycles. The molecule has 8 heteroatoms. The van der Waals surface area contributed by atoms with Crippen LogP contribution in [0.3, 0.4) is 0 Å². The molecule has 0 aliphatic rings. The van der Waals surface area contributed by atoms with E-state index >= 15 is 0 Å². The molecule has 0 spiro atoms. The minimum Gasteiger partial charge on any atom is -0.467 e. The van der Waals surface area contributed by atoms with Crippen LogP contribution in [0.15, 0.2) is 18.6 Å². The smallest absolute Gasteiger partial charge is 0.408 e. The fourth-order valence-electron chi connectivity index (χ4n) is 1.78. The molecule has 134 valence electrons. The number of amides is 1. The monoisotopic (exact) mass is 355 g/mol. The number of carbonyl (C=O) groups is 2. The number of nitrogens with zero attached hydrogens (tertiary/aromatic N) is 2.